The molecule has 2 aromatic heterocycles. The van der Waals surface area contributed by atoms with E-state index in [2.05, 4.69) is 40.6 Å². The van der Waals surface area contributed by atoms with Crippen molar-refractivity contribution in [3.63, 3.8) is 0 Å². The molecular formula is C19H22N4O2. The van der Waals surface area contributed by atoms with Crippen LogP contribution in [-0.2, 0) is 4.74 Å². The number of fused-ring (bicyclic) bond motifs is 1. The van der Waals surface area contributed by atoms with Gasteiger partial charge in [-0.05, 0) is 13.3 Å². The Bertz CT molecular complexity index is 897. The van der Waals surface area contributed by atoms with E-state index < -0.39 is 12.3 Å². The molecule has 0 amide bonds. The molecule has 0 bridgehead atoms. The first-order valence-corrected chi connectivity index (χ1v) is 8.41. The van der Waals surface area contributed by atoms with E-state index in [0.29, 0.717) is 23.3 Å². The molecule has 1 aliphatic heterocycles. The van der Waals surface area contributed by atoms with Crippen molar-refractivity contribution >= 4 is 16.9 Å². The number of hydrogen-bond acceptors (Lipinski definition) is 5. The van der Waals surface area contributed by atoms with Crippen LogP contribution in [0, 0.1) is 29.6 Å². The van der Waals surface area contributed by atoms with E-state index in [1.54, 1.807) is 6.92 Å². The van der Waals surface area contributed by atoms with Gasteiger partial charge in [0.05, 0.1) is 23.5 Å². The summed E-state index contributed by atoms with van der Waals surface area (Å²) in [6.07, 6.45) is 3.44. The molecule has 25 heavy (non-hydrogen) atoms. The molecule has 0 aromatic carbocycles. The van der Waals surface area contributed by atoms with Crippen LogP contribution in [0.2, 0.25) is 0 Å². The van der Waals surface area contributed by atoms with Gasteiger partial charge in [-0.3, -0.25) is 0 Å². The number of nitrogens with two attached hydrogens (primary N) is 1. The molecule has 6 nitrogen and oxygen atoms in total. The van der Waals surface area contributed by atoms with Crippen molar-refractivity contribution in [3.05, 3.63) is 18.1 Å². The molecule has 1 fully saturated rings. The van der Waals surface area contributed by atoms with Crippen molar-refractivity contribution in [2.75, 3.05) is 5.73 Å². The highest BCUT2D eigenvalue weighted by Gasteiger charge is 2.41. The number of anilines is 1. The van der Waals surface area contributed by atoms with Crippen molar-refractivity contribution in [2.45, 2.75) is 52.0 Å². The summed E-state index contributed by atoms with van der Waals surface area (Å²) in [7, 11) is 0. The monoisotopic (exact) mass is 338 g/mol. The Morgan fingerprint density at radius 3 is 2.84 bits per heavy atom. The number of aliphatic hydroxyl groups excluding tert-OH is 1. The first-order valence-electron chi connectivity index (χ1n) is 8.41. The molecule has 0 aliphatic carbocycles. The van der Waals surface area contributed by atoms with Crippen molar-refractivity contribution < 1.29 is 9.84 Å². The predicted octanol–water partition coefficient (Wildman–Crippen LogP) is 2.08. The smallest absolute Gasteiger partial charge is 0.161 e. The zero-order valence-corrected chi connectivity index (χ0v) is 14.7. The van der Waals surface area contributed by atoms with Crippen LogP contribution in [0.25, 0.3) is 11.0 Å². The van der Waals surface area contributed by atoms with Crippen molar-refractivity contribution in [1.82, 2.24) is 14.5 Å². The highest BCUT2D eigenvalue weighted by atomic mass is 16.5. The third-order valence-electron chi connectivity index (χ3n) is 4.62. The minimum Gasteiger partial charge on any atom is -0.388 e. The van der Waals surface area contributed by atoms with Crippen LogP contribution in [0.3, 0.4) is 0 Å². The van der Waals surface area contributed by atoms with Gasteiger partial charge in [0, 0.05) is 12.1 Å². The molecule has 1 aliphatic rings. The van der Waals surface area contributed by atoms with Gasteiger partial charge in [0.15, 0.2) is 6.23 Å². The maximum atomic E-state index is 10.6. The molecular weight excluding hydrogens is 316 g/mol. The van der Waals surface area contributed by atoms with Crippen LogP contribution in [-0.4, -0.2) is 31.8 Å². The molecule has 2 aromatic rings. The zero-order valence-electron chi connectivity index (χ0n) is 14.7. The first kappa shape index (κ1) is 17.3. The third-order valence-corrected chi connectivity index (χ3v) is 4.62. The van der Waals surface area contributed by atoms with E-state index in [0.717, 1.165) is 12.0 Å². The summed E-state index contributed by atoms with van der Waals surface area (Å²) in [4.78, 5) is 8.42. The predicted molar refractivity (Wildman–Crippen MR) is 96.3 cm³/mol. The van der Waals surface area contributed by atoms with Gasteiger partial charge in [-0.15, -0.1) is 5.92 Å². The second kappa shape index (κ2) is 7.14. The van der Waals surface area contributed by atoms with Crippen LogP contribution < -0.4 is 5.73 Å². The largest absolute Gasteiger partial charge is 0.388 e. The Balaban J connectivity index is 2.08. The summed E-state index contributed by atoms with van der Waals surface area (Å²) in [5, 5.41) is 11.3. The van der Waals surface area contributed by atoms with Crippen LogP contribution >= 0.6 is 0 Å². The number of ether oxygens (including phenoxy) is 1. The standard InChI is InChI=1S/C19H22N4O2/c1-4-6-7-8-9-13-10-23(18-15(13)17(20)21-11-22-18)19-16(24)12(3)14(5-2)25-19/h10-12,14,16,19,24H,5,7H2,1-3H3,(H2,20,21,22)/t12-,14+,16?,19+/m0/s1. The maximum absolute atomic E-state index is 10.6. The molecule has 0 radical (unpaired) electrons. The molecule has 3 N–H and O–H groups in total. The van der Waals surface area contributed by atoms with Gasteiger partial charge in [-0.25, -0.2) is 9.97 Å². The van der Waals surface area contributed by atoms with Crippen molar-refractivity contribution in [3.8, 4) is 23.7 Å². The SMILES string of the molecule is CC#CCC#Cc1cn([C@@H]2O[C@H](CC)[C@H](C)C2O)c2ncnc(N)c12. The summed E-state index contributed by atoms with van der Waals surface area (Å²) in [6.45, 7) is 5.83. The van der Waals surface area contributed by atoms with Gasteiger partial charge in [0.25, 0.3) is 0 Å². The van der Waals surface area contributed by atoms with Crippen LogP contribution in [0.4, 0.5) is 5.82 Å². The quantitative estimate of drug-likeness (QED) is 0.819. The van der Waals surface area contributed by atoms with E-state index in [1.807, 2.05) is 17.7 Å². The topological polar surface area (TPSA) is 86.2 Å². The lowest BCUT2D eigenvalue weighted by Gasteiger charge is -2.17. The van der Waals surface area contributed by atoms with Crippen LogP contribution in [0.15, 0.2) is 12.5 Å². The molecule has 3 heterocycles. The average Bonchev–Trinajstić information content (AvgIpc) is 3.11. The number of hydrogen-bond donors (Lipinski definition) is 2. The second-order valence-corrected chi connectivity index (χ2v) is 6.14. The summed E-state index contributed by atoms with van der Waals surface area (Å²) < 4.78 is 7.89. The lowest BCUT2D eigenvalue weighted by molar-refractivity contribution is -0.0352. The molecule has 1 unspecified atom stereocenters. The fourth-order valence-corrected chi connectivity index (χ4v) is 3.23. The van der Waals surface area contributed by atoms with E-state index in [1.165, 1.54) is 6.33 Å². The molecule has 6 heteroatoms. The number of nitrogens with zero attached hydrogens (tertiary/aromatic N) is 3. The lowest BCUT2D eigenvalue weighted by atomic mass is 9.99. The minimum absolute atomic E-state index is 0.00555. The van der Waals surface area contributed by atoms with Gasteiger partial charge in [-0.1, -0.05) is 31.6 Å². The Hall–Kier alpha value is -2.54. The van der Waals surface area contributed by atoms with E-state index in [9.17, 15) is 5.11 Å². The second-order valence-electron chi connectivity index (χ2n) is 6.14. The fraction of sp³-hybridized carbons (Fsp3) is 0.474. The number of nitrogen functional groups attached to an aromatic ring is 1. The number of rotatable bonds is 2. The Labute approximate surface area is 147 Å². The molecule has 4 atom stereocenters. The fourth-order valence-electron chi connectivity index (χ4n) is 3.23. The van der Waals surface area contributed by atoms with Crippen LogP contribution in [0.5, 0.6) is 0 Å². The lowest BCUT2D eigenvalue weighted by Crippen LogP contribution is -2.24. The summed E-state index contributed by atoms with van der Waals surface area (Å²) in [6, 6.07) is 0. The van der Waals surface area contributed by atoms with Gasteiger partial charge in [-0.2, -0.15) is 0 Å². The van der Waals surface area contributed by atoms with Gasteiger partial charge >= 0.3 is 0 Å². The summed E-state index contributed by atoms with van der Waals surface area (Å²) >= 11 is 0. The Morgan fingerprint density at radius 2 is 2.16 bits per heavy atom. The van der Waals surface area contributed by atoms with Crippen LogP contribution in [0.1, 0.15) is 45.4 Å². The maximum Gasteiger partial charge on any atom is 0.161 e. The minimum atomic E-state index is -0.622. The summed E-state index contributed by atoms with van der Waals surface area (Å²) in [5.41, 5.74) is 7.39. The first-order chi connectivity index (χ1) is 12.1. The van der Waals surface area contributed by atoms with Crippen molar-refractivity contribution in [2.24, 2.45) is 5.92 Å². The number of aliphatic hydroxyl groups is 1. The number of aromatic nitrogens is 3. The van der Waals surface area contributed by atoms with E-state index in [4.69, 9.17) is 10.5 Å². The van der Waals surface area contributed by atoms with E-state index >= 15 is 0 Å². The highest BCUT2D eigenvalue weighted by molar-refractivity contribution is 5.92. The zero-order chi connectivity index (χ0) is 18.0. The van der Waals surface area contributed by atoms with E-state index in [-0.39, 0.29) is 12.0 Å². The molecule has 0 saturated carbocycles. The normalized spacial score (nSPS) is 25.3. The van der Waals surface area contributed by atoms with Crippen molar-refractivity contribution in [1.29, 1.82) is 0 Å². The summed E-state index contributed by atoms with van der Waals surface area (Å²) in [5.74, 6) is 12.2. The van der Waals surface area contributed by atoms with Gasteiger partial charge < -0.3 is 20.1 Å². The van der Waals surface area contributed by atoms with Gasteiger partial charge in [0.1, 0.15) is 23.9 Å². The Morgan fingerprint density at radius 1 is 1.36 bits per heavy atom. The third kappa shape index (κ3) is 3.07. The average molecular weight is 338 g/mol. The Kier molecular flexibility index (Phi) is 4.94. The highest BCUT2D eigenvalue weighted by Crippen LogP contribution is 2.38. The molecule has 130 valence electrons. The molecule has 3 rings (SSSR count). The molecule has 0 spiro atoms. The molecule has 1 saturated heterocycles. The van der Waals surface area contributed by atoms with Gasteiger partial charge in [0.2, 0.25) is 0 Å².